The molecule has 1 heterocycles. The van der Waals surface area contributed by atoms with Crippen molar-refractivity contribution in [2.75, 3.05) is 6.61 Å². The molecule has 1 saturated heterocycles. The molecule has 1 aliphatic heterocycles. The Kier molecular flexibility index (Phi) is 3.88. The molecule has 1 aromatic rings. The van der Waals surface area contributed by atoms with Crippen molar-refractivity contribution in [3.63, 3.8) is 0 Å². The first-order valence-electron chi connectivity index (χ1n) is 5.91. The summed E-state index contributed by atoms with van der Waals surface area (Å²) in [5.41, 5.74) is 0. The van der Waals surface area contributed by atoms with Crippen molar-refractivity contribution in [2.45, 2.75) is 30.6 Å². The van der Waals surface area contributed by atoms with Gasteiger partial charge in [-0.2, -0.15) is 0 Å². The van der Waals surface area contributed by atoms with E-state index in [1.54, 1.807) is 25.1 Å². The first-order valence-corrected chi connectivity index (χ1v) is 7.35. The third-order valence-corrected chi connectivity index (χ3v) is 4.65. The van der Waals surface area contributed by atoms with E-state index in [4.69, 9.17) is 4.74 Å². The van der Waals surface area contributed by atoms with Crippen LogP contribution in [-0.2, 0) is 19.6 Å². The van der Waals surface area contributed by atoms with Gasteiger partial charge < -0.3 is 9.84 Å². The largest absolute Gasteiger partial charge is 0.383 e. The van der Waals surface area contributed by atoms with E-state index in [-0.39, 0.29) is 17.9 Å². The average molecular weight is 285 g/mol. The lowest BCUT2D eigenvalue weighted by atomic mass is 10.3. The van der Waals surface area contributed by atoms with Crippen LogP contribution in [0.4, 0.5) is 0 Å². The second-order valence-electron chi connectivity index (χ2n) is 4.11. The van der Waals surface area contributed by atoms with Crippen molar-refractivity contribution in [1.29, 1.82) is 0 Å². The van der Waals surface area contributed by atoms with Gasteiger partial charge in [0.2, 0.25) is 0 Å². The molecule has 0 spiro atoms. The summed E-state index contributed by atoms with van der Waals surface area (Å²) in [6, 6.07) is 7.62. The molecule has 2 atom stereocenters. The molecule has 0 aliphatic carbocycles. The molecule has 2 rings (SSSR count). The summed E-state index contributed by atoms with van der Waals surface area (Å²) in [4.78, 5) is 11.8. The number of rotatable bonds is 4. The predicted octanol–water partition coefficient (Wildman–Crippen LogP) is 0.331. The van der Waals surface area contributed by atoms with Crippen molar-refractivity contribution in [3.05, 3.63) is 30.3 Å². The minimum Gasteiger partial charge on any atom is -0.383 e. The number of sulfonamides is 1. The van der Waals surface area contributed by atoms with Crippen LogP contribution in [0, 0.1) is 0 Å². The van der Waals surface area contributed by atoms with E-state index in [1.165, 1.54) is 12.1 Å². The smallest absolute Gasteiger partial charge is 0.268 e. The van der Waals surface area contributed by atoms with Gasteiger partial charge in [-0.1, -0.05) is 18.2 Å². The van der Waals surface area contributed by atoms with E-state index in [0.717, 1.165) is 0 Å². The summed E-state index contributed by atoms with van der Waals surface area (Å²) < 4.78 is 30.6. The maximum Gasteiger partial charge on any atom is 0.268 e. The van der Waals surface area contributed by atoms with Gasteiger partial charge in [0.1, 0.15) is 6.10 Å². The first-order chi connectivity index (χ1) is 8.98. The maximum absolute atomic E-state index is 12.4. The number of carbonyl (C=O) groups is 1. The zero-order valence-corrected chi connectivity index (χ0v) is 11.2. The van der Waals surface area contributed by atoms with Crippen LogP contribution in [0.1, 0.15) is 13.3 Å². The number of carbonyl (C=O) groups excluding carboxylic acids is 1. The molecule has 1 aliphatic rings. The number of aliphatic hydroxyl groups is 1. The molecule has 7 heteroatoms. The number of benzene rings is 1. The quantitative estimate of drug-likeness (QED) is 0.862. The highest BCUT2D eigenvalue weighted by Gasteiger charge is 2.46. The van der Waals surface area contributed by atoms with Gasteiger partial charge in [0.25, 0.3) is 15.9 Å². The lowest BCUT2D eigenvalue weighted by Gasteiger charge is -2.23. The molecular formula is C12H15NO5S. The maximum atomic E-state index is 12.4. The van der Waals surface area contributed by atoms with Crippen LogP contribution in [0.3, 0.4) is 0 Å². The van der Waals surface area contributed by atoms with Gasteiger partial charge in [-0.25, -0.2) is 12.7 Å². The van der Waals surface area contributed by atoms with Crippen molar-refractivity contribution in [3.8, 4) is 0 Å². The highest BCUT2D eigenvalue weighted by Crippen LogP contribution is 2.27. The number of aliphatic hydroxyl groups excluding tert-OH is 1. The molecular weight excluding hydrogens is 270 g/mol. The fourth-order valence-electron chi connectivity index (χ4n) is 1.98. The summed E-state index contributed by atoms with van der Waals surface area (Å²) in [6.45, 7) is 1.95. The van der Waals surface area contributed by atoms with E-state index in [1.807, 2.05) is 0 Å². The Bertz CT molecular complexity index is 557. The molecule has 0 radical (unpaired) electrons. The second kappa shape index (κ2) is 5.28. The molecule has 104 valence electrons. The highest BCUT2D eigenvalue weighted by atomic mass is 32.2. The van der Waals surface area contributed by atoms with E-state index in [2.05, 4.69) is 0 Å². The fraction of sp³-hybridized carbons (Fsp3) is 0.417. The van der Waals surface area contributed by atoms with Crippen LogP contribution in [0.15, 0.2) is 35.2 Å². The monoisotopic (exact) mass is 285 g/mol. The Hall–Kier alpha value is -1.44. The SMILES string of the molecule is CCOC1CC(O)C(=O)N1S(=O)(=O)c1ccccc1. The van der Waals surface area contributed by atoms with Crippen LogP contribution < -0.4 is 0 Å². The summed E-state index contributed by atoms with van der Waals surface area (Å²) >= 11 is 0. The molecule has 0 saturated carbocycles. The summed E-state index contributed by atoms with van der Waals surface area (Å²) in [6.07, 6.45) is -2.33. The van der Waals surface area contributed by atoms with E-state index < -0.39 is 28.3 Å². The Labute approximate surface area is 111 Å². The zero-order valence-electron chi connectivity index (χ0n) is 10.4. The molecule has 1 amide bonds. The third kappa shape index (κ3) is 2.49. The van der Waals surface area contributed by atoms with Crippen molar-refractivity contribution < 1.29 is 23.1 Å². The minimum atomic E-state index is -3.99. The lowest BCUT2D eigenvalue weighted by molar-refractivity contribution is -0.133. The number of hydrogen-bond acceptors (Lipinski definition) is 5. The summed E-state index contributed by atoms with van der Waals surface area (Å²) in [7, 11) is -3.99. The molecule has 0 aromatic heterocycles. The molecule has 6 nitrogen and oxygen atoms in total. The normalized spacial score (nSPS) is 23.9. The van der Waals surface area contributed by atoms with Crippen molar-refractivity contribution >= 4 is 15.9 Å². The molecule has 1 aromatic carbocycles. The Morgan fingerprint density at radius 3 is 2.58 bits per heavy atom. The van der Waals surface area contributed by atoms with Crippen LogP contribution in [0.2, 0.25) is 0 Å². The van der Waals surface area contributed by atoms with E-state index in [0.29, 0.717) is 4.31 Å². The van der Waals surface area contributed by atoms with Gasteiger partial charge in [-0.3, -0.25) is 4.79 Å². The second-order valence-corrected chi connectivity index (χ2v) is 5.93. The Morgan fingerprint density at radius 2 is 2.00 bits per heavy atom. The molecule has 0 bridgehead atoms. The molecule has 1 fully saturated rings. The Morgan fingerprint density at radius 1 is 1.37 bits per heavy atom. The van der Waals surface area contributed by atoms with Gasteiger partial charge in [0, 0.05) is 13.0 Å². The molecule has 19 heavy (non-hydrogen) atoms. The number of ether oxygens (including phenoxy) is 1. The van der Waals surface area contributed by atoms with Crippen molar-refractivity contribution in [2.24, 2.45) is 0 Å². The van der Waals surface area contributed by atoms with Crippen LogP contribution >= 0.6 is 0 Å². The van der Waals surface area contributed by atoms with E-state index in [9.17, 15) is 18.3 Å². The van der Waals surface area contributed by atoms with Crippen LogP contribution in [0.25, 0.3) is 0 Å². The van der Waals surface area contributed by atoms with Gasteiger partial charge in [-0.05, 0) is 19.1 Å². The van der Waals surface area contributed by atoms with Gasteiger partial charge in [0.15, 0.2) is 6.23 Å². The van der Waals surface area contributed by atoms with Gasteiger partial charge >= 0.3 is 0 Å². The molecule has 1 N–H and O–H groups in total. The average Bonchev–Trinajstić information content (AvgIpc) is 2.67. The fourth-order valence-corrected chi connectivity index (χ4v) is 3.53. The molecule has 2 unspecified atom stereocenters. The van der Waals surface area contributed by atoms with Crippen LogP contribution in [-0.4, -0.2) is 42.7 Å². The van der Waals surface area contributed by atoms with Crippen LogP contribution in [0.5, 0.6) is 0 Å². The topological polar surface area (TPSA) is 83.9 Å². The minimum absolute atomic E-state index is 0.00199. The summed E-state index contributed by atoms with van der Waals surface area (Å²) in [5.74, 6) is -0.845. The number of nitrogens with zero attached hydrogens (tertiary/aromatic N) is 1. The lowest BCUT2D eigenvalue weighted by Crippen LogP contribution is -2.41. The number of hydrogen-bond donors (Lipinski definition) is 1. The Balaban J connectivity index is 2.40. The number of amides is 1. The predicted molar refractivity (Wildman–Crippen MR) is 66.5 cm³/mol. The standard InChI is InChI=1S/C12H15NO5S/c1-2-18-11-8-10(14)12(15)13(11)19(16,17)9-6-4-3-5-7-9/h3-7,10-11,14H,2,8H2,1H3. The first kappa shape index (κ1) is 14.0. The zero-order chi connectivity index (χ0) is 14.0. The third-order valence-electron chi connectivity index (χ3n) is 2.85. The van der Waals surface area contributed by atoms with Gasteiger partial charge in [-0.15, -0.1) is 0 Å². The highest BCUT2D eigenvalue weighted by molar-refractivity contribution is 7.89. The summed E-state index contributed by atoms with van der Waals surface area (Å²) in [5, 5.41) is 9.54. The van der Waals surface area contributed by atoms with Gasteiger partial charge in [0.05, 0.1) is 4.90 Å². The van der Waals surface area contributed by atoms with Crippen molar-refractivity contribution in [1.82, 2.24) is 4.31 Å². The van der Waals surface area contributed by atoms with E-state index >= 15 is 0 Å².